The molecule has 60 valence electrons. The molecule has 0 amide bonds. The van der Waals surface area contributed by atoms with E-state index in [1.807, 2.05) is 19.9 Å². The van der Waals surface area contributed by atoms with Crippen molar-refractivity contribution in [2.45, 2.75) is 19.9 Å². The van der Waals surface area contributed by atoms with Crippen LogP contribution in [-0.4, -0.2) is 5.11 Å². The molecular weight excluding hydrogens is 138 g/mol. The molecule has 0 spiro atoms. The third-order valence-electron chi connectivity index (χ3n) is 1.75. The van der Waals surface area contributed by atoms with Crippen molar-refractivity contribution in [2.24, 2.45) is 5.73 Å². The minimum atomic E-state index is -0.0119. The topological polar surface area (TPSA) is 46.2 Å². The van der Waals surface area contributed by atoms with Crippen LogP contribution in [0.5, 0.6) is 5.75 Å². The third kappa shape index (κ3) is 1.71. The summed E-state index contributed by atoms with van der Waals surface area (Å²) < 4.78 is 0. The molecular formula is C9H13NO. The second-order valence-corrected chi connectivity index (χ2v) is 2.83. The summed E-state index contributed by atoms with van der Waals surface area (Å²) >= 11 is 0. The van der Waals surface area contributed by atoms with Gasteiger partial charge in [-0.15, -0.1) is 0 Å². The number of hydrogen-bond acceptors (Lipinski definition) is 2. The van der Waals surface area contributed by atoms with Gasteiger partial charge in [-0.3, -0.25) is 0 Å². The monoisotopic (exact) mass is 151 g/mol. The molecule has 0 fully saturated rings. The summed E-state index contributed by atoms with van der Waals surface area (Å²) in [7, 11) is 0. The number of aromatic hydroxyl groups is 1. The fourth-order valence-corrected chi connectivity index (χ4v) is 1.12. The van der Waals surface area contributed by atoms with Gasteiger partial charge in [0, 0.05) is 6.04 Å². The summed E-state index contributed by atoms with van der Waals surface area (Å²) in [5.41, 5.74) is 7.80. The van der Waals surface area contributed by atoms with Gasteiger partial charge in [0.1, 0.15) is 5.75 Å². The molecule has 11 heavy (non-hydrogen) atoms. The first-order valence-electron chi connectivity index (χ1n) is 3.66. The zero-order valence-corrected chi connectivity index (χ0v) is 6.83. The molecule has 0 saturated carbocycles. The summed E-state index contributed by atoms with van der Waals surface area (Å²) in [6.45, 7) is 3.89. The highest BCUT2D eigenvalue weighted by Gasteiger charge is 2.03. The van der Waals surface area contributed by atoms with E-state index in [-0.39, 0.29) is 11.8 Å². The third-order valence-corrected chi connectivity index (χ3v) is 1.75. The zero-order chi connectivity index (χ0) is 8.43. The first-order chi connectivity index (χ1) is 5.11. The van der Waals surface area contributed by atoms with Gasteiger partial charge in [-0.2, -0.15) is 0 Å². The van der Waals surface area contributed by atoms with Gasteiger partial charge < -0.3 is 10.8 Å². The Labute approximate surface area is 66.7 Å². The van der Waals surface area contributed by atoms with Crippen molar-refractivity contribution >= 4 is 0 Å². The van der Waals surface area contributed by atoms with E-state index in [0.29, 0.717) is 0 Å². The molecule has 0 heterocycles. The standard InChI is InChI=1S/C9H13NO/c1-6-3-4-8(11)5-9(6)7(2)10/h3-5,7,11H,10H2,1-2H3/t7-/m1/s1. The molecule has 1 aromatic carbocycles. The molecule has 0 aliphatic rings. The van der Waals surface area contributed by atoms with Gasteiger partial charge in [0.15, 0.2) is 0 Å². The van der Waals surface area contributed by atoms with Crippen LogP contribution in [-0.2, 0) is 0 Å². The average Bonchev–Trinajstić information content (AvgIpc) is 1.94. The molecule has 2 heteroatoms. The summed E-state index contributed by atoms with van der Waals surface area (Å²) in [6, 6.07) is 5.23. The quantitative estimate of drug-likeness (QED) is 0.642. The fourth-order valence-electron chi connectivity index (χ4n) is 1.12. The fraction of sp³-hybridized carbons (Fsp3) is 0.333. The molecule has 0 aliphatic carbocycles. The first-order valence-corrected chi connectivity index (χ1v) is 3.66. The van der Waals surface area contributed by atoms with E-state index in [1.54, 1.807) is 12.1 Å². The number of phenols is 1. The molecule has 0 saturated heterocycles. The average molecular weight is 151 g/mol. The van der Waals surface area contributed by atoms with Crippen molar-refractivity contribution in [3.05, 3.63) is 29.3 Å². The van der Waals surface area contributed by atoms with Crippen molar-refractivity contribution in [3.63, 3.8) is 0 Å². The highest BCUT2D eigenvalue weighted by Crippen LogP contribution is 2.20. The summed E-state index contributed by atoms with van der Waals surface area (Å²) in [5.74, 6) is 0.280. The molecule has 0 radical (unpaired) electrons. The Morgan fingerprint density at radius 2 is 2.09 bits per heavy atom. The second kappa shape index (κ2) is 2.93. The lowest BCUT2D eigenvalue weighted by Crippen LogP contribution is -2.06. The molecule has 2 nitrogen and oxygen atoms in total. The number of hydrogen-bond donors (Lipinski definition) is 2. The van der Waals surface area contributed by atoms with Crippen molar-refractivity contribution in [1.29, 1.82) is 0 Å². The molecule has 0 aromatic heterocycles. The molecule has 1 atom stereocenters. The molecule has 0 aliphatic heterocycles. The van der Waals surface area contributed by atoms with Gasteiger partial charge in [0.05, 0.1) is 0 Å². The number of phenolic OH excluding ortho intramolecular Hbond substituents is 1. The van der Waals surface area contributed by atoms with E-state index >= 15 is 0 Å². The van der Waals surface area contributed by atoms with Crippen LogP contribution in [0.25, 0.3) is 0 Å². The van der Waals surface area contributed by atoms with Crippen LogP contribution in [0, 0.1) is 6.92 Å². The van der Waals surface area contributed by atoms with E-state index in [2.05, 4.69) is 0 Å². The lowest BCUT2D eigenvalue weighted by molar-refractivity contribution is 0.473. The van der Waals surface area contributed by atoms with Gasteiger partial charge in [-0.05, 0) is 37.1 Å². The Hall–Kier alpha value is -1.02. The SMILES string of the molecule is Cc1ccc(O)cc1[C@@H](C)N. The van der Waals surface area contributed by atoms with Crippen LogP contribution in [0.2, 0.25) is 0 Å². The van der Waals surface area contributed by atoms with Crippen LogP contribution < -0.4 is 5.73 Å². The highest BCUT2D eigenvalue weighted by molar-refractivity contribution is 5.35. The lowest BCUT2D eigenvalue weighted by Gasteiger charge is -2.09. The van der Waals surface area contributed by atoms with E-state index in [4.69, 9.17) is 10.8 Å². The molecule has 0 bridgehead atoms. The van der Waals surface area contributed by atoms with Gasteiger partial charge in [0.25, 0.3) is 0 Å². The van der Waals surface area contributed by atoms with Crippen molar-refractivity contribution in [3.8, 4) is 5.75 Å². The maximum absolute atomic E-state index is 9.13. The molecule has 3 N–H and O–H groups in total. The van der Waals surface area contributed by atoms with Gasteiger partial charge in [-0.1, -0.05) is 6.07 Å². The predicted molar refractivity (Wildman–Crippen MR) is 45.4 cm³/mol. The summed E-state index contributed by atoms with van der Waals surface area (Å²) in [4.78, 5) is 0. The van der Waals surface area contributed by atoms with Crippen LogP contribution >= 0.6 is 0 Å². The first kappa shape index (κ1) is 8.08. The number of benzene rings is 1. The Morgan fingerprint density at radius 1 is 1.45 bits per heavy atom. The van der Waals surface area contributed by atoms with Crippen LogP contribution in [0.15, 0.2) is 18.2 Å². The molecule has 1 aromatic rings. The zero-order valence-electron chi connectivity index (χ0n) is 6.83. The van der Waals surface area contributed by atoms with Gasteiger partial charge in [-0.25, -0.2) is 0 Å². The maximum Gasteiger partial charge on any atom is 0.115 e. The largest absolute Gasteiger partial charge is 0.508 e. The van der Waals surface area contributed by atoms with E-state index in [9.17, 15) is 0 Å². The van der Waals surface area contributed by atoms with Crippen LogP contribution in [0.3, 0.4) is 0 Å². The van der Waals surface area contributed by atoms with Gasteiger partial charge >= 0.3 is 0 Å². The smallest absolute Gasteiger partial charge is 0.115 e. The van der Waals surface area contributed by atoms with Crippen LogP contribution in [0.1, 0.15) is 24.1 Å². The van der Waals surface area contributed by atoms with Crippen molar-refractivity contribution in [2.75, 3.05) is 0 Å². The van der Waals surface area contributed by atoms with Gasteiger partial charge in [0.2, 0.25) is 0 Å². The number of nitrogens with two attached hydrogens (primary N) is 1. The van der Waals surface area contributed by atoms with E-state index < -0.39 is 0 Å². The second-order valence-electron chi connectivity index (χ2n) is 2.83. The van der Waals surface area contributed by atoms with Crippen molar-refractivity contribution in [1.82, 2.24) is 0 Å². The highest BCUT2D eigenvalue weighted by atomic mass is 16.3. The Bertz CT molecular complexity index is 256. The normalized spacial score (nSPS) is 13.0. The predicted octanol–water partition coefficient (Wildman–Crippen LogP) is 1.72. The maximum atomic E-state index is 9.13. The Morgan fingerprint density at radius 3 is 2.55 bits per heavy atom. The molecule has 1 rings (SSSR count). The Balaban J connectivity index is 3.13. The Kier molecular flexibility index (Phi) is 2.15. The van der Waals surface area contributed by atoms with Crippen LogP contribution in [0.4, 0.5) is 0 Å². The molecule has 0 unspecified atom stereocenters. The minimum absolute atomic E-state index is 0.0119. The van der Waals surface area contributed by atoms with E-state index in [0.717, 1.165) is 11.1 Å². The summed E-state index contributed by atoms with van der Waals surface area (Å²) in [5, 5.41) is 9.13. The lowest BCUT2D eigenvalue weighted by atomic mass is 10.0. The minimum Gasteiger partial charge on any atom is -0.508 e. The number of aryl methyl sites for hydroxylation is 1. The number of rotatable bonds is 1. The summed E-state index contributed by atoms with van der Waals surface area (Å²) in [6.07, 6.45) is 0. The van der Waals surface area contributed by atoms with Crippen molar-refractivity contribution < 1.29 is 5.11 Å². The van der Waals surface area contributed by atoms with E-state index in [1.165, 1.54) is 0 Å².